The SMILES string of the molecule is N#CC(C1CO1)N(C(=O)c1cc(Br)cnc1Cl)C1CC1. The van der Waals surface area contributed by atoms with Crippen LogP contribution < -0.4 is 0 Å². The van der Waals surface area contributed by atoms with Gasteiger partial charge in [0.1, 0.15) is 17.3 Å². The summed E-state index contributed by atoms with van der Waals surface area (Å²) < 4.78 is 5.86. The molecule has 0 aromatic carbocycles. The Bertz CT molecular complexity index is 596. The zero-order valence-electron chi connectivity index (χ0n) is 10.4. The van der Waals surface area contributed by atoms with E-state index < -0.39 is 6.04 Å². The molecule has 0 spiro atoms. The molecule has 20 heavy (non-hydrogen) atoms. The lowest BCUT2D eigenvalue weighted by Crippen LogP contribution is -2.44. The zero-order valence-corrected chi connectivity index (χ0v) is 12.8. The maximum atomic E-state index is 12.7. The minimum Gasteiger partial charge on any atom is -0.370 e. The lowest BCUT2D eigenvalue weighted by atomic mass is 10.1. The Morgan fingerprint density at radius 2 is 2.35 bits per heavy atom. The summed E-state index contributed by atoms with van der Waals surface area (Å²) in [5.74, 6) is -0.256. The second-order valence-electron chi connectivity index (χ2n) is 4.88. The molecule has 1 aliphatic carbocycles. The van der Waals surface area contributed by atoms with Crippen LogP contribution in [0.25, 0.3) is 0 Å². The predicted octanol–water partition coefficient (Wildman–Crippen LogP) is 2.39. The van der Waals surface area contributed by atoms with Crippen LogP contribution in [-0.2, 0) is 4.74 Å². The summed E-state index contributed by atoms with van der Waals surface area (Å²) in [6.45, 7) is 0.527. The van der Waals surface area contributed by atoms with Gasteiger partial charge in [-0.05, 0) is 34.8 Å². The van der Waals surface area contributed by atoms with Crippen molar-refractivity contribution in [2.24, 2.45) is 0 Å². The van der Waals surface area contributed by atoms with Crippen molar-refractivity contribution in [3.63, 3.8) is 0 Å². The predicted molar refractivity (Wildman–Crippen MR) is 75.3 cm³/mol. The first-order chi connectivity index (χ1) is 9.61. The maximum Gasteiger partial charge on any atom is 0.258 e. The number of hydrogen-bond acceptors (Lipinski definition) is 4. The molecule has 104 valence electrons. The number of ether oxygens (including phenoxy) is 1. The standard InChI is InChI=1S/C13H11BrClN3O2/c14-7-3-9(12(15)17-5-7)13(19)18(8-1-2-8)10(4-16)11-6-20-11/h3,5,8,10-11H,1-2,6H2. The van der Waals surface area contributed by atoms with Crippen molar-refractivity contribution in [1.82, 2.24) is 9.88 Å². The summed E-state index contributed by atoms with van der Waals surface area (Å²) in [6, 6.07) is 3.36. The monoisotopic (exact) mass is 355 g/mol. The average molecular weight is 357 g/mol. The topological polar surface area (TPSA) is 69.5 Å². The molecule has 7 heteroatoms. The van der Waals surface area contributed by atoms with Gasteiger partial charge in [-0.1, -0.05) is 11.6 Å². The number of carbonyl (C=O) groups is 1. The van der Waals surface area contributed by atoms with E-state index in [1.54, 1.807) is 11.0 Å². The second-order valence-corrected chi connectivity index (χ2v) is 6.15. The van der Waals surface area contributed by atoms with Crippen LogP contribution >= 0.6 is 27.5 Å². The molecule has 1 saturated carbocycles. The van der Waals surface area contributed by atoms with Gasteiger partial charge in [0.15, 0.2) is 0 Å². The van der Waals surface area contributed by atoms with Gasteiger partial charge >= 0.3 is 0 Å². The van der Waals surface area contributed by atoms with Crippen molar-refractivity contribution >= 4 is 33.4 Å². The number of pyridine rings is 1. The molecular weight excluding hydrogens is 346 g/mol. The summed E-state index contributed by atoms with van der Waals surface area (Å²) in [5.41, 5.74) is 0.314. The van der Waals surface area contributed by atoms with Crippen molar-refractivity contribution in [3.05, 3.63) is 27.5 Å². The number of amides is 1. The lowest BCUT2D eigenvalue weighted by molar-refractivity contribution is 0.0677. The van der Waals surface area contributed by atoms with Crippen molar-refractivity contribution in [1.29, 1.82) is 5.26 Å². The van der Waals surface area contributed by atoms with E-state index >= 15 is 0 Å². The fraction of sp³-hybridized carbons (Fsp3) is 0.462. The van der Waals surface area contributed by atoms with Crippen molar-refractivity contribution in [2.75, 3.05) is 6.61 Å². The summed E-state index contributed by atoms with van der Waals surface area (Å²) in [5, 5.41) is 9.47. The van der Waals surface area contributed by atoms with Crippen molar-refractivity contribution in [3.8, 4) is 6.07 Å². The number of aromatic nitrogens is 1. The number of rotatable bonds is 4. The van der Waals surface area contributed by atoms with Crippen LogP contribution in [0.15, 0.2) is 16.7 Å². The van der Waals surface area contributed by atoms with Gasteiger partial charge in [0.05, 0.1) is 18.2 Å². The van der Waals surface area contributed by atoms with Gasteiger partial charge in [-0.15, -0.1) is 0 Å². The summed E-state index contributed by atoms with van der Waals surface area (Å²) in [7, 11) is 0. The lowest BCUT2D eigenvalue weighted by Gasteiger charge is -2.26. The summed E-state index contributed by atoms with van der Waals surface area (Å²) >= 11 is 9.29. The van der Waals surface area contributed by atoms with Gasteiger partial charge in [-0.2, -0.15) is 5.26 Å². The average Bonchev–Trinajstić information content (AvgIpc) is 3.28. The van der Waals surface area contributed by atoms with Crippen LogP contribution in [0.2, 0.25) is 5.15 Å². The normalized spacial score (nSPS) is 21.9. The molecule has 1 aliphatic heterocycles. The van der Waals surface area contributed by atoms with Gasteiger partial charge < -0.3 is 9.64 Å². The van der Waals surface area contributed by atoms with E-state index in [4.69, 9.17) is 16.3 Å². The molecule has 2 aliphatic rings. The van der Waals surface area contributed by atoms with Gasteiger partial charge in [0.2, 0.25) is 0 Å². The number of hydrogen-bond donors (Lipinski definition) is 0. The van der Waals surface area contributed by atoms with Gasteiger partial charge in [0, 0.05) is 16.7 Å². The quantitative estimate of drug-likeness (QED) is 0.613. The highest BCUT2D eigenvalue weighted by molar-refractivity contribution is 9.10. The molecule has 1 aromatic heterocycles. The van der Waals surface area contributed by atoms with E-state index in [0.717, 1.165) is 12.8 Å². The molecule has 2 atom stereocenters. The Kier molecular flexibility index (Phi) is 3.67. The van der Waals surface area contributed by atoms with E-state index in [1.807, 2.05) is 0 Å². The fourth-order valence-electron chi connectivity index (χ4n) is 2.15. The number of halogens is 2. The Labute approximate surface area is 129 Å². The van der Waals surface area contributed by atoms with Gasteiger partial charge in [-0.25, -0.2) is 4.98 Å². The van der Waals surface area contributed by atoms with E-state index in [2.05, 4.69) is 27.0 Å². The minimum absolute atomic E-state index is 0.103. The maximum absolute atomic E-state index is 12.7. The molecule has 3 rings (SSSR count). The smallest absolute Gasteiger partial charge is 0.258 e. The van der Waals surface area contributed by atoms with Gasteiger partial charge in [-0.3, -0.25) is 4.79 Å². The number of epoxide rings is 1. The third-order valence-electron chi connectivity index (χ3n) is 3.35. The first-order valence-electron chi connectivity index (χ1n) is 6.26. The molecule has 2 fully saturated rings. The molecule has 5 nitrogen and oxygen atoms in total. The summed E-state index contributed by atoms with van der Waals surface area (Å²) in [6.07, 6.45) is 3.18. The van der Waals surface area contributed by atoms with E-state index in [1.165, 1.54) is 6.20 Å². The Morgan fingerprint density at radius 3 is 2.90 bits per heavy atom. The second kappa shape index (κ2) is 5.32. The third kappa shape index (κ3) is 2.66. The van der Waals surface area contributed by atoms with Crippen LogP contribution in [-0.4, -0.2) is 40.6 Å². The van der Waals surface area contributed by atoms with Crippen molar-refractivity contribution < 1.29 is 9.53 Å². The van der Waals surface area contributed by atoms with E-state index in [0.29, 0.717) is 16.6 Å². The number of carbonyl (C=O) groups excluding carboxylic acids is 1. The molecule has 1 aromatic rings. The molecule has 1 amide bonds. The molecule has 1 saturated heterocycles. The van der Waals surface area contributed by atoms with E-state index in [9.17, 15) is 10.1 Å². The molecule has 0 radical (unpaired) electrons. The number of nitriles is 1. The first-order valence-corrected chi connectivity index (χ1v) is 7.44. The largest absolute Gasteiger partial charge is 0.370 e. The highest BCUT2D eigenvalue weighted by atomic mass is 79.9. The van der Waals surface area contributed by atoms with Crippen LogP contribution in [0.4, 0.5) is 0 Å². The van der Waals surface area contributed by atoms with Crippen molar-refractivity contribution in [2.45, 2.75) is 31.0 Å². The Balaban J connectivity index is 1.93. The molecule has 0 bridgehead atoms. The van der Waals surface area contributed by atoms with Crippen LogP contribution in [0.3, 0.4) is 0 Å². The Hall–Kier alpha value is -1.16. The molecule has 0 N–H and O–H groups in total. The fourth-order valence-corrected chi connectivity index (χ4v) is 2.66. The molecule has 2 heterocycles. The zero-order chi connectivity index (χ0) is 14.3. The van der Waals surface area contributed by atoms with Crippen LogP contribution in [0, 0.1) is 11.3 Å². The highest BCUT2D eigenvalue weighted by Crippen LogP contribution is 2.34. The molecular formula is C13H11BrClN3O2. The highest BCUT2D eigenvalue weighted by Gasteiger charge is 2.46. The van der Waals surface area contributed by atoms with E-state index in [-0.39, 0.29) is 23.2 Å². The first kappa shape index (κ1) is 13.8. The number of nitrogens with zero attached hydrogens (tertiary/aromatic N) is 3. The Morgan fingerprint density at radius 1 is 1.65 bits per heavy atom. The third-order valence-corrected chi connectivity index (χ3v) is 4.09. The summed E-state index contributed by atoms with van der Waals surface area (Å²) in [4.78, 5) is 18.3. The molecule has 2 unspecified atom stereocenters. The minimum atomic E-state index is -0.551. The van der Waals surface area contributed by atoms with Crippen LogP contribution in [0.1, 0.15) is 23.2 Å². The van der Waals surface area contributed by atoms with Crippen LogP contribution in [0.5, 0.6) is 0 Å². The van der Waals surface area contributed by atoms with Gasteiger partial charge in [0.25, 0.3) is 5.91 Å².